The zero-order chi connectivity index (χ0) is 12.4. The number of ether oxygens (including phenoxy) is 3. The molecule has 0 spiro atoms. The summed E-state index contributed by atoms with van der Waals surface area (Å²) in [4.78, 5) is 0. The molecular weight excluding hydrogens is 230 g/mol. The molecule has 1 aromatic carbocycles. The molecule has 1 saturated heterocycles. The smallest absolute Gasteiger partial charge is 0.128 e. The van der Waals surface area contributed by atoms with E-state index in [0.717, 1.165) is 43.2 Å². The number of hydrogen-bond donors (Lipinski definition) is 1. The highest BCUT2D eigenvalue weighted by atomic mass is 16.5. The third-order valence-electron chi connectivity index (χ3n) is 3.46. The van der Waals surface area contributed by atoms with E-state index < -0.39 is 0 Å². The number of rotatable bonds is 2. The van der Waals surface area contributed by atoms with Crippen LogP contribution in [-0.2, 0) is 4.74 Å². The van der Waals surface area contributed by atoms with Crippen LogP contribution in [0.2, 0.25) is 0 Å². The van der Waals surface area contributed by atoms with Crippen molar-refractivity contribution in [1.29, 1.82) is 0 Å². The molecule has 1 fully saturated rings. The first kappa shape index (κ1) is 11.8. The van der Waals surface area contributed by atoms with Crippen molar-refractivity contribution >= 4 is 0 Å². The third kappa shape index (κ3) is 2.18. The summed E-state index contributed by atoms with van der Waals surface area (Å²) in [5, 5.41) is 3.51. The SMILES string of the molecule is CCOc1ccc2c(c1)OCCC1NCCOC21. The van der Waals surface area contributed by atoms with Crippen LogP contribution in [0.5, 0.6) is 11.5 Å². The summed E-state index contributed by atoms with van der Waals surface area (Å²) < 4.78 is 17.2. The fraction of sp³-hybridized carbons (Fsp3) is 0.571. The molecular formula is C14H19NO3. The van der Waals surface area contributed by atoms with Gasteiger partial charge in [-0.2, -0.15) is 0 Å². The lowest BCUT2D eigenvalue weighted by Gasteiger charge is -2.31. The average molecular weight is 249 g/mol. The van der Waals surface area contributed by atoms with E-state index in [9.17, 15) is 0 Å². The highest BCUT2D eigenvalue weighted by molar-refractivity contribution is 5.43. The van der Waals surface area contributed by atoms with Gasteiger partial charge in [0.05, 0.1) is 19.8 Å². The van der Waals surface area contributed by atoms with Crippen molar-refractivity contribution in [3.8, 4) is 11.5 Å². The van der Waals surface area contributed by atoms with Crippen molar-refractivity contribution in [2.45, 2.75) is 25.5 Å². The molecule has 98 valence electrons. The van der Waals surface area contributed by atoms with Crippen molar-refractivity contribution in [3.63, 3.8) is 0 Å². The highest BCUT2D eigenvalue weighted by Gasteiger charge is 2.31. The second-order valence-electron chi connectivity index (χ2n) is 4.62. The van der Waals surface area contributed by atoms with Crippen molar-refractivity contribution in [1.82, 2.24) is 5.32 Å². The summed E-state index contributed by atoms with van der Waals surface area (Å²) in [6, 6.07) is 6.39. The molecule has 4 nitrogen and oxygen atoms in total. The molecule has 0 bridgehead atoms. The summed E-state index contributed by atoms with van der Waals surface area (Å²) >= 11 is 0. The average Bonchev–Trinajstić information content (AvgIpc) is 2.58. The van der Waals surface area contributed by atoms with E-state index >= 15 is 0 Å². The summed E-state index contributed by atoms with van der Waals surface area (Å²) in [5.74, 6) is 1.76. The van der Waals surface area contributed by atoms with Crippen LogP contribution in [-0.4, -0.2) is 32.4 Å². The Kier molecular flexibility index (Phi) is 3.39. The number of benzene rings is 1. The van der Waals surface area contributed by atoms with Crippen LogP contribution in [0.15, 0.2) is 18.2 Å². The Morgan fingerprint density at radius 1 is 1.39 bits per heavy atom. The highest BCUT2D eigenvalue weighted by Crippen LogP contribution is 2.37. The Labute approximate surface area is 107 Å². The molecule has 2 aliphatic heterocycles. The van der Waals surface area contributed by atoms with Gasteiger partial charge in [-0.3, -0.25) is 0 Å². The van der Waals surface area contributed by atoms with E-state index in [1.807, 2.05) is 19.1 Å². The molecule has 0 aliphatic carbocycles. The minimum absolute atomic E-state index is 0.104. The van der Waals surface area contributed by atoms with Gasteiger partial charge >= 0.3 is 0 Å². The lowest BCUT2D eigenvalue weighted by Crippen LogP contribution is -2.43. The Hall–Kier alpha value is -1.26. The lowest BCUT2D eigenvalue weighted by atomic mass is 9.98. The Morgan fingerprint density at radius 3 is 3.22 bits per heavy atom. The fourth-order valence-corrected chi connectivity index (χ4v) is 2.64. The second-order valence-corrected chi connectivity index (χ2v) is 4.62. The monoisotopic (exact) mass is 249 g/mol. The molecule has 18 heavy (non-hydrogen) atoms. The van der Waals surface area contributed by atoms with Crippen LogP contribution in [0.3, 0.4) is 0 Å². The Balaban J connectivity index is 1.92. The quantitative estimate of drug-likeness (QED) is 0.869. The van der Waals surface area contributed by atoms with E-state index in [0.29, 0.717) is 12.6 Å². The molecule has 0 amide bonds. The lowest BCUT2D eigenvalue weighted by molar-refractivity contribution is -0.00585. The van der Waals surface area contributed by atoms with Gasteiger partial charge < -0.3 is 19.5 Å². The minimum Gasteiger partial charge on any atom is -0.494 e. The second kappa shape index (κ2) is 5.16. The summed E-state index contributed by atoms with van der Waals surface area (Å²) in [6.07, 6.45) is 1.08. The van der Waals surface area contributed by atoms with E-state index in [-0.39, 0.29) is 6.10 Å². The molecule has 2 unspecified atom stereocenters. The van der Waals surface area contributed by atoms with Crippen LogP contribution in [0.1, 0.15) is 25.0 Å². The largest absolute Gasteiger partial charge is 0.494 e. The minimum atomic E-state index is 0.104. The van der Waals surface area contributed by atoms with Crippen molar-refractivity contribution in [3.05, 3.63) is 23.8 Å². The number of fused-ring (bicyclic) bond motifs is 3. The topological polar surface area (TPSA) is 39.7 Å². The third-order valence-corrected chi connectivity index (χ3v) is 3.46. The van der Waals surface area contributed by atoms with Gasteiger partial charge in [0.2, 0.25) is 0 Å². The zero-order valence-corrected chi connectivity index (χ0v) is 10.6. The standard InChI is InChI=1S/C14H19NO3/c1-2-16-10-3-4-11-13(9-10)17-7-5-12-14(11)18-8-6-15-12/h3-4,9,12,14-15H,2,5-8H2,1H3. The first-order chi connectivity index (χ1) is 8.88. The Morgan fingerprint density at radius 2 is 2.33 bits per heavy atom. The van der Waals surface area contributed by atoms with Crippen molar-refractivity contribution < 1.29 is 14.2 Å². The summed E-state index contributed by atoms with van der Waals surface area (Å²) in [5.41, 5.74) is 1.13. The van der Waals surface area contributed by atoms with Crippen LogP contribution >= 0.6 is 0 Å². The van der Waals surface area contributed by atoms with Gasteiger partial charge in [0, 0.05) is 24.2 Å². The van der Waals surface area contributed by atoms with Gasteiger partial charge in [0.1, 0.15) is 17.6 Å². The molecule has 0 saturated carbocycles. The van der Waals surface area contributed by atoms with E-state index in [1.54, 1.807) is 0 Å². The molecule has 0 aromatic heterocycles. The number of nitrogens with one attached hydrogen (secondary N) is 1. The predicted octanol–water partition coefficient (Wildman–Crippen LogP) is 1.90. The van der Waals surface area contributed by atoms with E-state index in [1.165, 1.54) is 0 Å². The van der Waals surface area contributed by atoms with Gasteiger partial charge in [0.15, 0.2) is 0 Å². The predicted molar refractivity (Wildman–Crippen MR) is 68.2 cm³/mol. The first-order valence-electron chi connectivity index (χ1n) is 6.63. The van der Waals surface area contributed by atoms with E-state index in [4.69, 9.17) is 14.2 Å². The van der Waals surface area contributed by atoms with Crippen LogP contribution < -0.4 is 14.8 Å². The van der Waals surface area contributed by atoms with Crippen molar-refractivity contribution in [2.24, 2.45) is 0 Å². The Bertz CT molecular complexity index is 422. The normalized spacial score (nSPS) is 26.5. The molecule has 2 atom stereocenters. The van der Waals surface area contributed by atoms with Gasteiger partial charge in [0.25, 0.3) is 0 Å². The molecule has 2 heterocycles. The molecule has 0 radical (unpaired) electrons. The van der Waals surface area contributed by atoms with Crippen LogP contribution in [0, 0.1) is 0 Å². The maximum Gasteiger partial charge on any atom is 0.128 e. The number of hydrogen-bond acceptors (Lipinski definition) is 4. The van der Waals surface area contributed by atoms with E-state index in [2.05, 4.69) is 11.4 Å². The fourth-order valence-electron chi connectivity index (χ4n) is 2.64. The molecule has 2 aliphatic rings. The maximum atomic E-state index is 5.90. The van der Waals surface area contributed by atoms with Crippen LogP contribution in [0.4, 0.5) is 0 Å². The molecule has 4 heteroatoms. The van der Waals surface area contributed by atoms with Gasteiger partial charge in [-0.05, 0) is 25.5 Å². The zero-order valence-electron chi connectivity index (χ0n) is 10.6. The first-order valence-corrected chi connectivity index (χ1v) is 6.63. The number of morpholine rings is 1. The summed E-state index contributed by atoms with van der Waals surface area (Å²) in [7, 11) is 0. The van der Waals surface area contributed by atoms with Gasteiger partial charge in [-0.15, -0.1) is 0 Å². The molecule has 1 aromatic rings. The molecule has 3 rings (SSSR count). The van der Waals surface area contributed by atoms with Crippen LogP contribution in [0.25, 0.3) is 0 Å². The van der Waals surface area contributed by atoms with Gasteiger partial charge in [-0.25, -0.2) is 0 Å². The molecule has 1 N–H and O–H groups in total. The van der Waals surface area contributed by atoms with Crippen molar-refractivity contribution in [2.75, 3.05) is 26.4 Å². The summed E-state index contributed by atoms with van der Waals surface area (Å²) in [6.45, 7) is 5.06. The maximum absolute atomic E-state index is 5.90. The van der Waals surface area contributed by atoms with Gasteiger partial charge in [-0.1, -0.05) is 0 Å².